The third-order valence-corrected chi connectivity index (χ3v) is 2.80. The van der Waals surface area contributed by atoms with E-state index >= 15 is 0 Å². The van der Waals surface area contributed by atoms with Crippen LogP contribution in [-0.2, 0) is 0 Å². The molecule has 0 N–H and O–H groups in total. The van der Waals surface area contributed by atoms with Gasteiger partial charge in [-0.1, -0.05) is 22.9 Å². The Morgan fingerprint density at radius 2 is 2.29 bits per heavy atom. The van der Waals surface area contributed by atoms with Crippen LogP contribution >= 0.6 is 22.9 Å². The first-order valence-corrected chi connectivity index (χ1v) is 5.17. The van der Waals surface area contributed by atoms with Gasteiger partial charge in [0.25, 0.3) is 0 Å². The van der Waals surface area contributed by atoms with Gasteiger partial charge in [-0.15, -0.1) is 10.2 Å². The van der Waals surface area contributed by atoms with Crippen molar-refractivity contribution in [2.24, 2.45) is 0 Å². The van der Waals surface area contributed by atoms with Crippen molar-refractivity contribution in [3.8, 4) is 16.3 Å². The van der Waals surface area contributed by atoms with E-state index in [0.717, 1.165) is 16.3 Å². The summed E-state index contributed by atoms with van der Waals surface area (Å²) in [6, 6.07) is 5.49. The third kappa shape index (κ3) is 1.71. The summed E-state index contributed by atoms with van der Waals surface area (Å²) >= 11 is 7.51. The second-order valence-electron chi connectivity index (χ2n) is 2.59. The Labute approximate surface area is 90.3 Å². The summed E-state index contributed by atoms with van der Waals surface area (Å²) in [5.41, 5.74) is 2.56. The Balaban J connectivity index is 2.46. The fourth-order valence-corrected chi connectivity index (χ4v) is 2.00. The Bertz CT molecular complexity index is 430. The summed E-state index contributed by atoms with van der Waals surface area (Å²) in [5, 5.41) is 9.15. The van der Waals surface area contributed by atoms with E-state index in [1.807, 2.05) is 12.1 Å². The van der Waals surface area contributed by atoms with Crippen LogP contribution < -0.4 is 4.74 Å². The van der Waals surface area contributed by atoms with Crippen LogP contribution in [-0.4, -0.2) is 17.3 Å². The van der Waals surface area contributed by atoms with Gasteiger partial charge in [-0.25, -0.2) is 0 Å². The summed E-state index contributed by atoms with van der Waals surface area (Å²) in [5.74, 6) is 0.739. The average Bonchev–Trinajstić information content (AvgIpc) is 2.70. The second kappa shape index (κ2) is 3.94. The molecule has 1 aromatic heterocycles. The highest BCUT2D eigenvalue weighted by Gasteiger charge is 2.07. The number of ether oxygens (including phenoxy) is 1. The lowest BCUT2D eigenvalue weighted by Gasteiger charge is -2.02. The molecule has 0 aliphatic heterocycles. The maximum absolute atomic E-state index is 6.06. The molecule has 0 saturated heterocycles. The van der Waals surface area contributed by atoms with Gasteiger partial charge in [-0.05, 0) is 18.2 Å². The molecule has 14 heavy (non-hydrogen) atoms. The third-order valence-electron chi connectivity index (χ3n) is 1.77. The van der Waals surface area contributed by atoms with Gasteiger partial charge in [0.2, 0.25) is 0 Å². The summed E-state index contributed by atoms with van der Waals surface area (Å²) in [6.45, 7) is 0. The predicted molar refractivity (Wildman–Crippen MR) is 56.9 cm³/mol. The SMILES string of the molecule is COc1ccc(-c2nncs2)c(Cl)c1. The van der Waals surface area contributed by atoms with Crippen LogP contribution in [0.15, 0.2) is 23.7 Å². The van der Waals surface area contributed by atoms with Crippen LogP contribution in [0.5, 0.6) is 5.75 Å². The second-order valence-corrected chi connectivity index (χ2v) is 3.83. The number of hydrogen-bond donors (Lipinski definition) is 0. The molecular formula is C9H7ClN2OS. The van der Waals surface area contributed by atoms with Crippen molar-refractivity contribution in [3.05, 3.63) is 28.7 Å². The molecule has 0 spiro atoms. The van der Waals surface area contributed by atoms with E-state index in [2.05, 4.69) is 10.2 Å². The largest absolute Gasteiger partial charge is 0.497 e. The van der Waals surface area contributed by atoms with Crippen LogP contribution in [0.2, 0.25) is 5.02 Å². The number of hydrogen-bond acceptors (Lipinski definition) is 4. The summed E-state index contributed by atoms with van der Waals surface area (Å²) in [4.78, 5) is 0. The summed E-state index contributed by atoms with van der Waals surface area (Å²) < 4.78 is 5.05. The first-order chi connectivity index (χ1) is 6.81. The fraction of sp³-hybridized carbons (Fsp3) is 0.111. The van der Waals surface area contributed by atoms with Crippen LogP contribution in [0.3, 0.4) is 0 Å². The van der Waals surface area contributed by atoms with Crippen molar-refractivity contribution >= 4 is 22.9 Å². The van der Waals surface area contributed by atoms with E-state index in [1.165, 1.54) is 11.3 Å². The minimum atomic E-state index is 0.626. The zero-order chi connectivity index (χ0) is 9.97. The number of benzene rings is 1. The van der Waals surface area contributed by atoms with Gasteiger partial charge in [0.1, 0.15) is 16.3 Å². The van der Waals surface area contributed by atoms with Gasteiger partial charge < -0.3 is 4.74 Å². The highest BCUT2D eigenvalue weighted by Crippen LogP contribution is 2.31. The van der Waals surface area contributed by atoms with Crippen molar-refractivity contribution in [2.45, 2.75) is 0 Å². The number of aromatic nitrogens is 2. The first kappa shape index (κ1) is 9.43. The Morgan fingerprint density at radius 1 is 1.43 bits per heavy atom. The van der Waals surface area contributed by atoms with E-state index in [1.54, 1.807) is 18.7 Å². The van der Waals surface area contributed by atoms with Crippen LogP contribution in [0.4, 0.5) is 0 Å². The van der Waals surface area contributed by atoms with E-state index in [9.17, 15) is 0 Å². The van der Waals surface area contributed by atoms with Crippen molar-refractivity contribution < 1.29 is 4.74 Å². The minimum Gasteiger partial charge on any atom is -0.497 e. The standard InChI is InChI=1S/C9H7ClN2OS/c1-13-6-2-3-7(8(10)4-6)9-12-11-5-14-9/h2-5H,1H3. The minimum absolute atomic E-state index is 0.626. The van der Waals surface area contributed by atoms with E-state index in [-0.39, 0.29) is 0 Å². The molecule has 0 radical (unpaired) electrons. The van der Waals surface area contributed by atoms with Crippen LogP contribution in [0, 0.1) is 0 Å². The van der Waals surface area contributed by atoms with Crippen molar-refractivity contribution in [2.75, 3.05) is 7.11 Å². The molecule has 5 heteroatoms. The van der Waals surface area contributed by atoms with Gasteiger partial charge in [0, 0.05) is 5.56 Å². The molecule has 0 aliphatic carbocycles. The van der Waals surface area contributed by atoms with Gasteiger partial charge in [-0.3, -0.25) is 0 Å². The maximum atomic E-state index is 6.06. The lowest BCUT2D eigenvalue weighted by molar-refractivity contribution is 0.415. The zero-order valence-corrected chi connectivity index (χ0v) is 8.97. The molecule has 0 amide bonds. The molecule has 1 heterocycles. The van der Waals surface area contributed by atoms with E-state index in [4.69, 9.17) is 16.3 Å². The molecular weight excluding hydrogens is 220 g/mol. The van der Waals surface area contributed by atoms with Gasteiger partial charge in [-0.2, -0.15) is 0 Å². The molecule has 1 aromatic carbocycles. The Hall–Kier alpha value is -1.13. The normalized spacial score (nSPS) is 10.1. The molecule has 2 aromatic rings. The zero-order valence-electron chi connectivity index (χ0n) is 7.40. The molecule has 0 unspecified atom stereocenters. The Morgan fingerprint density at radius 3 is 2.86 bits per heavy atom. The van der Waals surface area contributed by atoms with Crippen LogP contribution in [0.1, 0.15) is 0 Å². The smallest absolute Gasteiger partial charge is 0.149 e. The summed E-state index contributed by atoms with van der Waals surface area (Å²) in [7, 11) is 1.61. The molecule has 0 aliphatic rings. The van der Waals surface area contributed by atoms with Gasteiger partial charge >= 0.3 is 0 Å². The Kier molecular flexibility index (Phi) is 2.65. The van der Waals surface area contributed by atoms with Gasteiger partial charge in [0.15, 0.2) is 0 Å². The maximum Gasteiger partial charge on any atom is 0.149 e. The number of halogens is 1. The molecule has 0 bridgehead atoms. The number of methoxy groups -OCH3 is 1. The molecule has 0 saturated carbocycles. The van der Waals surface area contributed by atoms with E-state index in [0.29, 0.717) is 5.02 Å². The summed E-state index contributed by atoms with van der Waals surface area (Å²) in [6.07, 6.45) is 0. The molecule has 0 fully saturated rings. The average molecular weight is 227 g/mol. The lowest BCUT2D eigenvalue weighted by atomic mass is 10.2. The highest BCUT2D eigenvalue weighted by molar-refractivity contribution is 7.12. The van der Waals surface area contributed by atoms with Crippen molar-refractivity contribution in [1.29, 1.82) is 0 Å². The highest BCUT2D eigenvalue weighted by atomic mass is 35.5. The van der Waals surface area contributed by atoms with Crippen molar-refractivity contribution in [3.63, 3.8) is 0 Å². The molecule has 72 valence electrons. The molecule has 3 nitrogen and oxygen atoms in total. The van der Waals surface area contributed by atoms with Crippen LogP contribution in [0.25, 0.3) is 10.6 Å². The van der Waals surface area contributed by atoms with E-state index < -0.39 is 0 Å². The topological polar surface area (TPSA) is 35.0 Å². The number of nitrogens with zero attached hydrogens (tertiary/aromatic N) is 2. The number of rotatable bonds is 2. The van der Waals surface area contributed by atoms with Gasteiger partial charge in [0.05, 0.1) is 12.1 Å². The molecule has 0 atom stereocenters. The predicted octanol–water partition coefficient (Wildman–Crippen LogP) is 2.87. The van der Waals surface area contributed by atoms with Crippen molar-refractivity contribution in [1.82, 2.24) is 10.2 Å². The monoisotopic (exact) mass is 226 g/mol. The molecule has 2 rings (SSSR count). The first-order valence-electron chi connectivity index (χ1n) is 3.91. The lowest BCUT2D eigenvalue weighted by Crippen LogP contribution is -1.84. The quantitative estimate of drug-likeness (QED) is 0.790. The fourth-order valence-electron chi connectivity index (χ4n) is 1.09.